The van der Waals surface area contributed by atoms with Crippen LogP contribution in [0.4, 0.5) is 4.39 Å². The maximum absolute atomic E-state index is 12.9. The van der Waals surface area contributed by atoms with E-state index in [0.717, 1.165) is 37.6 Å². The molecule has 0 unspecified atom stereocenters. The van der Waals surface area contributed by atoms with E-state index in [1.54, 1.807) is 18.4 Å². The van der Waals surface area contributed by atoms with E-state index in [2.05, 4.69) is 9.88 Å². The van der Waals surface area contributed by atoms with Crippen molar-refractivity contribution < 1.29 is 8.81 Å². The number of hydrogen-bond acceptors (Lipinski definition) is 3. The first-order valence-corrected chi connectivity index (χ1v) is 7.57. The Kier molecular flexibility index (Phi) is 4.34. The first-order valence-electron chi connectivity index (χ1n) is 7.57. The summed E-state index contributed by atoms with van der Waals surface area (Å²) in [6.07, 6.45) is 5.18. The molecular formula is C17H21FN2O. The first-order chi connectivity index (χ1) is 10.2. The van der Waals surface area contributed by atoms with Crippen LogP contribution in [0.1, 0.15) is 30.0 Å². The smallest absolute Gasteiger partial charge is 0.191 e. The van der Waals surface area contributed by atoms with Gasteiger partial charge in [0.25, 0.3) is 0 Å². The number of hydrogen-bond donors (Lipinski definition) is 0. The van der Waals surface area contributed by atoms with Crippen LogP contribution in [-0.2, 0) is 13.0 Å². The van der Waals surface area contributed by atoms with Crippen molar-refractivity contribution in [3.05, 3.63) is 53.5 Å². The van der Waals surface area contributed by atoms with Crippen molar-refractivity contribution in [3.63, 3.8) is 0 Å². The Balaban J connectivity index is 1.47. The average Bonchev–Trinajstić information content (AvgIpc) is 2.89. The SMILES string of the molecule is Cc1nc(CN2CCC(Cc3ccc(F)cc3)CC2)co1. The fraction of sp³-hybridized carbons (Fsp3) is 0.471. The highest BCUT2D eigenvalue weighted by Crippen LogP contribution is 2.22. The van der Waals surface area contributed by atoms with Crippen molar-refractivity contribution in [1.29, 1.82) is 0 Å². The van der Waals surface area contributed by atoms with Gasteiger partial charge in [-0.3, -0.25) is 4.90 Å². The number of rotatable bonds is 4. The summed E-state index contributed by atoms with van der Waals surface area (Å²) in [4.78, 5) is 6.78. The number of halogens is 1. The van der Waals surface area contributed by atoms with Crippen LogP contribution in [0.5, 0.6) is 0 Å². The van der Waals surface area contributed by atoms with Crippen molar-refractivity contribution in [1.82, 2.24) is 9.88 Å². The zero-order valence-corrected chi connectivity index (χ0v) is 12.4. The largest absolute Gasteiger partial charge is 0.449 e. The van der Waals surface area contributed by atoms with Gasteiger partial charge in [-0.05, 0) is 56.0 Å². The molecule has 1 fully saturated rings. The van der Waals surface area contributed by atoms with Gasteiger partial charge in [-0.2, -0.15) is 0 Å². The van der Waals surface area contributed by atoms with E-state index in [1.165, 1.54) is 18.4 Å². The monoisotopic (exact) mass is 288 g/mol. The summed E-state index contributed by atoms with van der Waals surface area (Å²) in [6.45, 7) is 4.94. The predicted octanol–water partition coefficient (Wildman–Crippen LogP) is 3.58. The van der Waals surface area contributed by atoms with Gasteiger partial charge >= 0.3 is 0 Å². The minimum absolute atomic E-state index is 0.156. The Morgan fingerprint density at radius 3 is 2.57 bits per heavy atom. The van der Waals surface area contributed by atoms with Crippen LogP contribution in [0.3, 0.4) is 0 Å². The highest BCUT2D eigenvalue weighted by molar-refractivity contribution is 5.16. The van der Waals surface area contributed by atoms with Crippen molar-refractivity contribution >= 4 is 0 Å². The molecule has 2 heterocycles. The number of benzene rings is 1. The highest BCUT2D eigenvalue weighted by atomic mass is 19.1. The molecule has 0 N–H and O–H groups in total. The molecule has 1 aromatic heterocycles. The van der Waals surface area contributed by atoms with E-state index in [9.17, 15) is 4.39 Å². The fourth-order valence-corrected chi connectivity index (χ4v) is 3.01. The minimum Gasteiger partial charge on any atom is -0.449 e. The lowest BCUT2D eigenvalue weighted by atomic mass is 9.90. The van der Waals surface area contributed by atoms with E-state index in [4.69, 9.17) is 4.42 Å². The van der Waals surface area contributed by atoms with E-state index in [0.29, 0.717) is 5.92 Å². The summed E-state index contributed by atoms with van der Waals surface area (Å²) in [5.41, 5.74) is 2.26. The quantitative estimate of drug-likeness (QED) is 0.861. The summed E-state index contributed by atoms with van der Waals surface area (Å²) in [5.74, 6) is 1.28. The highest BCUT2D eigenvalue weighted by Gasteiger charge is 2.20. The number of aryl methyl sites for hydroxylation is 1. The molecule has 0 atom stereocenters. The van der Waals surface area contributed by atoms with Crippen molar-refractivity contribution in [2.75, 3.05) is 13.1 Å². The first kappa shape index (κ1) is 14.3. The maximum atomic E-state index is 12.9. The zero-order chi connectivity index (χ0) is 14.7. The van der Waals surface area contributed by atoms with Crippen LogP contribution in [0.2, 0.25) is 0 Å². The Labute approximate surface area is 124 Å². The van der Waals surface area contributed by atoms with Gasteiger partial charge in [0.1, 0.15) is 12.1 Å². The van der Waals surface area contributed by atoms with E-state index >= 15 is 0 Å². The number of piperidine rings is 1. The summed E-state index contributed by atoms with van der Waals surface area (Å²) < 4.78 is 18.2. The van der Waals surface area contributed by atoms with Gasteiger partial charge in [0.2, 0.25) is 0 Å². The van der Waals surface area contributed by atoms with Gasteiger partial charge in [-0.25, -0.2) is 9.37 Å². The normalized spacial score (nSPS) is 17.2. The molecule has 21 heavy (non-hydrogen) atoms. The molecule has 1 saturated heterocycles. The van der Waals surface area contributed by atoms with Gasteiger partial charge in [0.15, 0.2) is 5.89 Å². The molecule has 1 aliphatic heterocycles. The second-order valence-electron chi connectivity index (χ2n) is 5.91. The molecule has 0 spiro atoms. The van der Waals surface area contributed by atoms with Gasteiger partial charge < -0.3 is 4.42 Å². The lowest BCUT2D eigenvalue weighted by molar-refractivity contribution is 0.175. The molecule has 112 valence electrons. The molecule has 2 aromatic rings. The summed E-state index contributed by atoms with van der Waals surface area (Å²) in [5, 5.41) is 0. The van der Waals surface area contributed by atoms with Crippen LogP contribution in [0.15, 0.2) is 34.9 Å². The predicted molar refractivity (Wildman–Crippen MR) is 79.3 cm³/mol. The lowest BCUT2D eigenvalue weighted by Crippen LogP contribution is -2.33. The van der Waals surface area contributed by atoms with Crippen LogP contribution in [0.25, 0.3) is 0 Å². The van der Waals surface area contributed by atoms with E-state index in [1.807, 2.05) is 19.1 Å². The Morgan fingerprint density at radius 2 is 1.95 bits per heavy atom. The third kappa shape index (κ3) is 3.91. The molecule has 0 amide bonds. The fourth-order valence-electron chi connectivity index (χ4n) is 3.01. The molecule has 0 aliphatic carbocycles. The molecule has 1 aliphatic rings. The third-order valence-corrected chi connectivity index (χ3v) is 4.20. The second-order valence-corrected chi connectivity index (χ2v) is 5.91. The van der Waals surface area contributed by atoms with Gasteiger partial charge in [-0.1, -0.05) is 12.1 Å². The van der Waals surface area contributed by atoms with Gasteiger partial charge in [0, 0.05) is 13.5 Å². The minimum atomic E-state index is -0.156. The topological polar surface area (TPSA) is 29.3 Å². The van der Waals surface area contributed by atoms with Crippen molar-refractivity contribution in [2.24, 2.45) is 5.92 Å². The number of likely N-dealkylation sites (tertiary alicyclic amines) is 1. The summed E-state index contributed by atoms with van der Waals surface area (Å²) in [6, 6.07) is 6.91. The molecule has 3 nitrogen and oxygen atoms in total. The number of nitrogens with zero attached hydrogens (tertiary/aromatic N) is 2. The maximum Gasteiger partial charge on any atom is 0.191 e. The molecular weight excluding hydrogens is 267 g/mol. The Morgan fingerprint density at radius 1 is 1.24 bits per heavy atom. The molecule has 4 heteroatoms. The molecule has 0 saturated carbocycles. The standard InChI is InChI=1S/C17H21FN2O/c1-13-19-17(12-21-13)11-20-8-6-15(7-9-20)10-14-2-4-16(18)5-3-14/h2-5,12,15H,6-11H2,1H3. The van der Waals surface area contributed by atoms with E-state index in [-0.39, 0.29) is 5.82 Å². The molecule has 0 radical (unpaired) electrons. The Hall–Kier alpha value is -1.68. The molecule has 0 bridgehead atoms. The number of oxazole rings is 1. The van der Waals surface area contributed by atoms with Crippen LogP contribution >= 0.6 is 0 Å². The number of aromatic nitrogens is 1. The van der Waals surface area contributed by atoms with Crippen LogP contribution in [-0.4, -0.2) is 23.0 Å². The average molecular weight is 288 g/mol. The van der Waals surface area contributed by atoms with Crippen molar-refractivity contribution in [3.8, 4) is 0 Å². The van der Waals surface area contributed by atoms with Crippen LogP contribution < -0.4 is 0 Å². The third-order valence-electron chi connectivity index (χ3n) is 4.20. The van der Waals surface area contributed by atoms with Gasteiger partial charge in [-0.15, -0.1) is 0 Å². The summed E-state index contributed by atoms with van der Waals surface area (Å²) in [7, 11) is 0. The lowest BCUT2D eigenvalue weighted by Gasteiger charge is -2.31. The van der Waals surface area contributed by atoms with E-state index < -0.39 is 0 Å². The molecule has 3 rings (SSSR count). The molecule has 1 aromatic carbocycles. The van der Waals surface area contributed by atoms with Crippen molar-refractivity contribution in [2.45, 2.75) is 32.7 Å². The second kappa shape index (κ2) is 6.39. The zero-order valence-electron chi connectivity index (χ0n) is 12.4. The van der Waals surface area contributed by atoms with Gasteiger partial charge in [0.05, 0.1) is 5.69 Å². The van der Waals surface area contributed by atoms with Crippen LogP contribution in [0, 0.1) is 18.7 Å². The Bertz CT molecular complexity index is 571. The summed E-state index contributed by atoms with van der Waals surface area (Å²) >= 11 is 0.